The van der Waals surface area contributed by atoms with Crippen LogP contribution in [0.4, 0.5) is 0 Å². The third-order valence-corrected chi connectivity index (χ3v) is 21.3. The number of aliphatic hydroxyl groups is 10. The van der Waals surface area contributed by atoms with Crippen LogP contribution in [-0.2, 0) is 57.0 Å². The Bertz CT molecular complexity index is 2290. The number of ether oxygens (including phenoxy) is 9. The molecule has 22 nitrogen and oxygen atoms in total. The molecule has 8 rings (SSSR count). The molecule has 25 atom stereocenters. The quantitative estimate of drug-likeness (QED) is 0.0262. The molecule has 0 aromatic rings. The number of carbonyl (C=O) groups is 3. The minimum absolute atomic E-state index is 0.0205. The first-order chi connectivity index (χ1) is 37.5. The lowest BCUT2D eigenvalue weighted by Crippen LogP contribution is -2.72. The van der Waals surface area contributed by atoms with Crippen molar-refractivity contribution in [1.29, 1.82) is 0 Å². The van der Waals surface area contributed by atoms with Crippen LogP contribution in [-0.4, -0.2) is 206 Å². The van der Waals surface area contributed by atoms with Crippen LogP contribution in [0.5, 0.6) is 0 Å². The predicted octanol–water partition coefficient (Wildman–Crippen LogP) is 1.60. The number of hydrogen-bond donors (Lipinski definition) is 10. The average Bonchev–Trinajstić information content (AvgIpc) is 3.81. The van der Waals surface area contributed by atoms with Gasteiger partial charge in [-0.2, -0.15) is 0 Å². The van der Waals surface area contributed by atoms with Gasteiger partial charge >= 0.3 is 17.9 Å². The highest BCUT2D eigenvalue weighted by molar-refractivity contribution is 5.88. The number of carbonyl (C=O) groups excluding carboxylic acids is 3. The Morgan fingerprint density at radius 1 is 0.700 bits per heavy atom. The van der Waals surface area contributed by atoms with Gasteiger partial charge < -0.3 is 93.7 Å². The van der Waals surface area contributed by atoms with E-state index in [-0.39, 0.29) is 30.3 Å². The second-order valence-electron chi connectivity index (χ2n) is 26.4. The Morgan fingerprint density at radius 2 is 1.31 bits per heavy atom. The lowest BCUT2D eigenvalue weighted by molar-refractivity contribution is -0.386. The summed E-state index contributed by atoms with van der Waals surface area (Å²) in [6.45, 7) is 19.5. The molecule has 3 aliphatic heterocycles. The molecule has 5 aliphatic carbocycles. The van der Waals surface area contributed by atoms with Crippen LogP contribution < -0.4 is 0 Å². The molecule has 8 aliphatic rings. The molecule has 0 aromatic heterocycles. The van der Waals surface area contributed by atoms with Crippen LogP contribution in [0.3, 0.4) is 0 Å². The van der Waals surface area contributed by atoms with Crippen LogP contribution >= 0.6 is 0 Å². The molecule has 80 heavy (non-hydrogen) atoms. The summed E-state index contributed by atoms with van der Waals surface area (Å²) in [6, 6.07) is 0. The summed E-state index contributed by atoms with van der Waals surface area (Å²) in [5, 5.41) is 111. The van der Waals surface area contributed by atoms with Crippen molar-refractivity contribution in [1.82, 2.24) is 0 Å². The number of unbranched alkanes of at least 4 members (excludes halogenated alkanes) is 1. The number of esters is 3. The second-order valence-corrected chi connectivity index (χ2v) is 26.4. The normalized spacial score (nSPS) is 47.8. The molecule has 0 radical (unpaired) electrons. The first-order valence-corrected chi connectivity index (χ1v) is 28.9. The maximum atomic E-state index is 13.9. The fourth-order valence-corrected chi connectivity index (χ4v) is 16.4. The Labute approximate surface area is 469 Å². The molecule has 7 fully saturated rings. The van der Waals surface area contributed by atoms with Gasteiger partial charge in [-0.25, -0.2) is 9.59 Å². The largest absolute Gasteiger partial charge is 0.464 e. The molecule has 8 unspecified atom stereocenters. The first kappa shape index (κ1) is 63.3. The van der Waals surface area contributed by atoms with Crippen molar-refractivity contribution in [2.24, 2.45) is 50.2 Å². The molecule has 0 aromatic carbocycles. The highest BCUT2D eigenvalue weighted by atomic mass is 16.8. The number of aliphatic hydroxyl groups excluding tert-OH is 10. The van der Waals surface area contributed by atoms with Gasteiger partial charge in [-0.15, -0.1) is 0 Å². The summed E-state index contributed by atoms with van der Waals surface area (Å²) in [7, 11) is 0. The average molecular weight is 1140 g/mol. The molecule has 3 heterocycles. The number of fused-ring (bicyclic) bond motifs is 7. The Hall–Kier alpha value is -2.75. The minimum atomic E-state index is -1.97. The van der Waals surface area contributed by atoms with E-state index in [1.807, 2.05) is 20.8 Å². The highest BCUT2D eigenvalue weighted by Gasteiger charge is 2.74. The molecule has 4 saturated carbocycles. The third-order valence-electron chi connectivity index (χ3n) is 21.3. The predicted molar refractivity (Wildman–Crippen MR) is 280 cm³/mol. The minimum Gasteiger partial charge on any atom is -0.464 e. The number of allylic oxidation sites excluding steroid dienone is 3. The first-order valence-electron chi connectivity index (χ1n) is 28.9. The summed E-state index contributed by atoms with van der Waals surface area (Å²) < 4.78 is 55.4. The maximum absolute atomic E-state index is 13.9. The van der Waals surface area contributed by atoms with Gasteiger partial charge in [-0.1, -0.05) is 79.5 Å². The van der Waals surface area contributed by atoms with Crippen molar-refractivity contribution in [3.8, 4) is 0 Å². The van der Waals surface area contributed by atoms with Crippen molar-refractivity contribution < 1.29 is 108 Å². The van der Waals surface area contributed by atoms with Gasteiger partial charge in [0.25, 0.3) is 0 Å². The van der Waals surface area contributed by atoms with E-state index in [2.05, 4.69) is 40.7 Å². The summed E-state index contributed by atoms with van der Waals surface area (Å²) in [6.07, 6.45) is -19.4. The van der Waals surface area contributed by atoms with Gasteiger partial charge in [0.05, 0.1) is 44.1 Å². The van der Waals surface area contributed by atoms with Crippen LogP contribution in [0.15, 0.2) is 23.3 Å². The van der Waals surface area contributed by atoms with Gasteiger partial charge in [0, 0.05) is 17.9 Å². The van der Waals surface area contributed by atoms with E-state index in [1.54, 1.807) is 19.9 Å². The molecule has 22 heteroatoms. The summed E-state index contributed by atoms with van der Waals surface area (Å²) >= 11 is 0. The molecule has 3 saturated heterocycles. The zero-order valence-corrected chi connectivity index (χ0v) is 48.3. The van der Waals surface area contributed by atoms with Gasteiger partial charge in [0.2, 0.25) is 0 Å². The fraction of sp³-hybridized carbons (Fsp3) is 0.879. The van der Waals surface area contributed by atoms with Gasteiger partial charge in [-0.05, 0) is 105 Å². The van der Waals surface area contributed by atoms with E-state index >= 15 is 0 Å². The Balaban J connectivity index is 1.14. The van der Waals surface area contributed by atoms with E-state index in [4.69, 9.17) is 42.6 Å². The molecule has 0 amide bonds. The zero-order chi connectivity index (χ0) is 59.0. The zero-order valence-electron chi connectivity index (χ0n) is 48.3. The molecular formula is C58H92O22. The molecule has 0 bridgehead atoms. The number of hydrogen-bond acceptors (Lipinski definition) is 22. The summed E-state index contributed by atoms with van der Waals surface area (Å²) in [4.78, 5) is 40.4. The van der Waals surface area contributed by atoms with Crippen LogP contribution in [0.2, 0.25) is 0 Å². The van der Waals surface area contributed by atoms with Crippen molar-refractivity contribution >= 4 is 17.9 Å². The molecule has 0 spiro atoms. The maximum Gasteiger partial charge on any atom is 0.338 e. The number of rotatable bonds is 16. The van der Waals surface area contributed by atoms with Gasteiger partial charge in [0.1, 0.15) is 67.1 Å². The summed E-state index contributed by atoms with van der Waals surface area (Å²) in [5.74, 6) is -2.63. The van der Waals surface area contributed by atoms with Crippen LogP contribution in [0.25, 0.3) is 0 Å². The highest BCUT2D eigenvalue weighted by Crippen LogP contribution is 2.76. The van der Waals surface area contributed by atoms with E-state index in [1.165, 1.54) is 6.92 Å². The van der Waals surface area contributed by atoms with E-state index in [9.17, 15) is 65.4 Å². The fourth-order valence-electron chi connectivity index (χ4n) is 16.4. The van der Waals surface area contributed by atoms with E-state index < -0.39 is 181 Å². The Morgan fingerprint density at radius 3 is 1.90 bits per heavy atom. The van der Waals surface area contributed by atoms with Crippen LogP contribution in [0, 0.1) is 50.2 Å². The lowest BCUT2D eigenvalue weighted by atomic mass is 9.33. The monoisotopic (exact) mass is 1140 g/mol. The van der Waals surface area contributed by atoms with Crippen molar-refractivity contribution in [2.75, 3.05) is 26.4 Å². The van der Waals surface area contributed by atoms with Crippen molar-refractivity contribution in [2.45, 2.75) is 244 Å². The smallest absolute Gasteiger partial charge is 0.338 e. The van der Waals surface area contributed by atoms with Gasteiger partial charge in [-0.3, -0.25) is 4.79 Å². The standard InChI is InChI=1S/C58H92O22/c1-12-14-21-72-49(71)44-42(69)43(77-50-40(67)38(65)32(25-60)75-50)45(79-51-41(68)39(66)37(64)31(24-59)74-51)52(78-44)76-36-18-19-55(9)33(54(36,7)8)17-20-56(10)34(55)16-15-29-30-22-53(5,6)46(73-28(4)62)47(80-48(70)27(3)13-2)58(30,26-61)35(63)23-57(29,56)11/h13,15,30-47,50-52,59-61,63-69H,12,14,16-26H2,1-11H3/t30?,31?,32-,33?,34?,35+,36-,37-,38+,39+,40?,41?,42-,43+,44?,45?,46-,47-,50-,51-,52+,55-,56+,57+,58-/m0/s1. The van der Waals surface area contributed by atoms with Gasteiger partial charge in [0.15, 0.2) is 31.1 Å². The molecule has 456 valence electrons. The Kier molecular flexibility index (Phi) is 18.7. The van der Waals surface area contributed by atoms with Crippen molar-refractivity contribution in [3.05, 3.63) is 23.3 Å². The summed E-state index contributed by atoms with van der Waals surface area (Å²) in [5.41, 5.74) is -2.83. The third kappa shape index (κ3) is 10.4. The van der Waals surface area contributed by atoms with E-state index in [0.717, 1.165) is 5.57 Å². The second kappa shape index (κ2) is 23.6. The van der Waals surface area contributed by atoms with E-state index in [0.29, 0.717) is 56.9 Å². The van der Waals surface area contributed by atoms with Crippen molar-refractivity contribution in [3.63, 3.8) is 0 Å². The molecule has 10 N–H and O–H groups in total. The lowest BCUT2D eigenvalue weighted by Gasteiger charge is -2.72. The van der Waals surface area contributed by atoms with Crippen LogP contribution in [0.1, 0.15) is 134 Å². The molecular weight excluding hydrogens is 1050 g/mol. The SMILES string of the molecule is CC=C(C)C(=O)O[C@H]1[C@H](OC(C)=O)C(C)(C)CC2C3=CCC4[C@@]5(C)CC[C@H](O[C@@H]6OC(C(=O)OCCCC)[C@@H](O)[C@@H](O[C@@H]7O[C@@H](CO)[C@@H](O)C7O)C6O[C@@H]6OC(CO)[C@H](O)[C@@H](O)C6O)C(C)(C)C5CC[C@@]4(C)[C@]3(C)C[C@@H](O)[C@]21CO. The topological polar surface area (TPSA) is 337 Å².